The molecule has 0 spiro atoms. The quantitative estimate of drug-likeness (QED) is 0.261. The fourth-order valence-electron chi connectivity index (χ4n) is 3.53. The zero-order valence-corrected chi connectivity index (χ0v) is 21.1. The van der Waals surface area contributed by atoms with Crippen LogP contribution < -0.4 is 4.74 Å². The summed E-state index contributed by atoms with van der Waals surface area (Å²) in [5, 5.41) is 20.0. The molecule has 4 aromatic rings. The molecule has 4 aromatic carbocycles. The van der Waals surface area contributed by atoms with Crippen molar-refractivity contribution in [3.63, 3.8) is 0 Å². The van der Waals surface area contributed by atoms with Gasteiger partial charge in [0.15, 0.2) is 0 Å². The van der Waals surface area contributed by atoms with Gasteiger partial charge in [-0.1, -0.05) is 71.1 Å². The van der Waals surface area contributed by atoms with Crippen LogP contribution in [0.1, 0.15) is 33.4 Å². The Hall–Kier alpha value is -4.64. The lowest BCUT2D eigenvalue weighted by molar-refractivity contribution is 0.478. The third kappa shape index (κ3) is 6.73. The van der Waals surface area contributed by atoms with Crippen molar-refractivity contribution in [1.29, 1.82) is 10.5 Å². The van der Waals surface area contributed by atoms with Crippen molar-refractivity contribution >= 4 is 23.2 Å². The summed E-state index contributed by atoms with van der Waals surface area (Å²) >= 11 is 12.0. The summed E-state index contributed by atoms with van der Waals surface area (Å²) < 4.78 is 6.36. The average Bonchev–Trinajstić information content (AvgIpc) is 2.90. The van der Waals surface area contributed by atoms with E-state index in [0.717, 1.165) is 22.3 Å². The van der Waals surface area contributed by atoms with Crippen LogP contribution in [-0.4, -0.2) is 0 Å². The Labute approximate surface area is 226 Å². The molecule has 0 atom stereocenters. The molecule has 0 heterocycles. The molecule has 0 aromatic heterocycles. The molecule has 0 aliphatic heterocycles. The van der Waals surface area contributed by atoms with E-state index >= 15 is 0 Å². The maximum Gasteiger partial charge on any atom is 0.143 e. The predicted octanol–water partition coefficient (Wildman–Crippen LogP) is 7.72. The normalized spacial score (nSPS) is 9.62. The second-order valence-electron chi connectivity index (χ2n) is 7.87. The monoisotopic (exact) mass is 516 g/mol. The summed E-state index contributed by atoms with van der Waals surface area (Å²) in [5.41, 5.74) is 4.30. The molecule has 0 N–H and O–H groups in total. The molecule has 3 nitrogen and oxygen atoms in total. The van der Waals surface area contributed by atoms with E-state index in [1.165, 1.54) is 0 Å². The molecule has 0 aliphatic carbocycles. The molecule has 0 radical (unpaired) electrons. The van der Waals surface area contributed by atoms with Crippen molar-refractivity contribution < 1.29 is 4.74 Å². The van der Waals surface area contributed by atoms with E-state index < -0.39 is 0 Å². The van der Waals surface area contributed by atoms with Gasteiger partial charge in [0.05, 0.1) is 36.1 Å². The van der Waals surface area contributed by atoms with Gasteiger partial charge in [0.2, 0.25) is 0 Å². The largest absolute Gasteiger partial charge is 0.455 e. The third-order valence-electron chi connectivity index (χ3n) is 5.34. The molecule has 5 heteroatoms. The number of rotatable bonds is 4. The van der Waals surface area contributed by atoms with Crippen LogP contribution in [0.2, 0.25) is 10.0 Å². The van der Waals surface area contributed by atoms with Gasteiger partial charge in [0.1, 0.15) is 11.5 Å². The lowest BCUT2D eigenvalue weighted by atomic mass is 10.0. The van der Waals surface area contributed by atoms with Gasteiger partial charge in [-0.15, -0.1) is 0 Å². The van der Waals surface area contributed by atoms with Crippen LogP contribution in [0, 0.1) is 46.3 Å². The highest BCUT2D eigenvalue weighted by atomic mass is 35.5. The Morgan fingerprint density at radius 3 is 1.32 bits per heavy atom. The highest BCUT2D eigenvalue weighted by Gasteiger charge is 2.13. The molecule has 0 fully saturated rings. The molecule has 4 rings (SSSR count). The van der Waals surface area contributed by atoms with Crippen LogP contribution >= 0.6 is 23.2 Å². The Balaban J connectivity index is 1.78. The first-order chi connectivity index (χ1) is 18.1. The lowest BCUT2D eigenvalue weighted by Gasteiger charge is -2.13. The topological polar surface area (TPSA) is 56.8 Å². The summed E-state index contributed by atoms with van der Waals surface area (Å²) in [6.07, 6.45) is 0.360. The summed E-state index contributed by atoms with van der Waals surface area (Å²) in [4.78, 5) is 0. The number of hydrogen-bond acceptors (Lipinski definition) is 3. The first kappa shape index (κ1) is 25.5. The van der Waals surface area contributed by atoms with Crippen molar-refractivity contribution in [3.8, 4) is 47.3 Å². The van der Waals surface area contributed by atoms with Gasteiger partial charge in [-0.05, 0) is 71.8 Å². The molecular weight excluding hydrogens is 499 g/mol. The molecular formula is C32H18Cl2N2O. The molecule has 0 amide bonds. The summed E-state index contributed by atoms with van der Waals surface area (Å²) in [7, 11) is 0. The number of hydrogen-bond donors (Lipinski definition) is 0. The summed E-state index contributed by atoms with van der Waals surface area (Å²) in [5.74, 6) is 13.6. The average molecular weight is 517 g/mol. The predicted molar refractivity (Wildman–Crippen MR) is 146 cm³/mol. The zero-order chi connectivity index (χ0) is 26.0. The van der Waals surface area contributed by atoms with E-state index in [2.05, 4.69) is 35.8 Å². The minimum Gasteiger partial charge on any atom is -0.455 e. The minimum absolute atomic E-state index is 0.180. The molecule has 0 saturated heterocycles. The molecule has 0 bridgehead atoms. The van der Waals surface area contributed by atoms with E-state index in [1.807, 2.05) is 48.5 Å². The lowest BCUT2D eigenvalue weighted by Crippen LogP contribution is -1.98. The van der Waals surface area contributed by atoms with Crippen molar-refractivity contribution in [2.45, 2.75) is 12.8 Å². The van der Waals surface area contributed by atoms with Crippen LogP contribution in [0.25, 0.3) is 0 Å². The number of benzene rings is 4. The smallest absolute Gasteiger partial charge is 0.143 e. The minimum atomic E-state index is 0.180. The Morgan fingerprint density at radius 1 is 0.541 bits per heavy atom. The maximum atomic E-state index is 9.36. The van der Waals surface area contributed by atoms with Crippen LogP contribution in [0.15, 0.2) is 84.9 Å². The van der Waals surface area contributed by atoms with Crippen molar-refractivity contribution in [2.24, 2.45) is 0 Å². The second-order valence-corrected chi connectivity index (χ2v) is 8.74. The van der Waals surface area contributed by atoms with Crippen molar-refractivity contribution in [1.82, 2.24) is 0 Å². The van der Waals surface area contributed by atoms with Gasteiger partial charge in [0.25, 0.3) is 0 Å². The number of nitrogens with zero attached hydrogens (tertiary/aromatic N) is 2. The first-order valence-corrected chi connectivity index (χ1v) is 12.0. The molecule has 0 aliphatic rings. The molecule has 0 saturated carbocycles. The van der Waals surface area contributed by atoms with Gasteiger partial charge in [-0.3, -0.25) is 0 Å². The highest BCUT2D eigenvalue weighted by Crippen LogP contribution is 2.31. The van der Waals surface area contributed by atoms with E-state index in [9.17, 15) is 10.5 Å². The fourth-order valence-corrected chi connectivity index (χ4v) is 3.78. The third-order valence-corrected chi connectivity index (χ3v) is 5.84. The van der Waals surface area contributed by atoms with Crippen LogP contribution in [0.3, 0.4) is 0 Å². The molecule has 176 valence electrons. The van der Waals surface area contributed by atoms with Crippen molar-refractivity contribution in [3.05, 3.63) is 128 Å². The zero-order valence-electron chi connectivity index (χ0n) is 19.6. The number of ether oxygens (including phenoxy) is 1. The van der Waals surface area contributed by atoms with Gasteiger partial charge in [-0.25, -0.2) is 0 Å². The van der Waals surface area contributed by atoms with Gasteiger partial charge in [0, 0.05) is 21.2 Å². The summed E-state index contributed by atoms with van der Waals surface area (Å²) in [6.45, 7) is 0. The number of nitriles is 2. The van der Waals surface area contributed by atoms with Crippen molar-refractivity contribution in [2.75, 3.05) is 0 Å². The fraction of sp³-hybridized carbons (Fsp3) is 0.0625. The van der Waals surface area contributed by atoms with E-state index in [4.69, 9.17) is 27.9 Å². The molecule has 37 heavy (non-hydrogen) atoms. The second kappa shape index (κ2) is 12.4. The van der Waals surface area contributed by atoms with E-state index in [1.54, 1.807) is 36.4 Å². The van der Waals surface area contributed by atoms with Gasteiger partial charge in [-0.2, -0.15) is 10.5 Å². The maximum absolute atomic E-state index is 9.36. The van der Waals surface area contributed by atoms with Crippen LogP contribution in [-0.2, 0) is 12.8 Å². The highest BCUT2D eigenvalue weighted by molar-refractivity contribution is 6.30. The SMILES string of the molecule is N#CCc1cccc(Oc2cccc(CC#N)c2C#Cc2ccc(Cl)cc2)c1C#Cc1ccc(Cl)cc1. The summed E-state index contributed by atoms with van der Waals surface area (Å²) in [6, 6.07) is 29.8. The van der Waals surface area contributed by atoms with Crippen LogP contribution in [0.5, 0.6) is 11.5 Å². The van der Waals surface area contributed by atoms with E-state index in [-0.39, 0.29) is 12.8 Å². The van der Waals surface area contributed by atoms with Gasteiger partial charge >= 0.3 is 0 Å². The first-order valence-electron chi connectivity index (χ1n) is 11.3. The van der Waals surface area contributed by atoms with Crippen LogP contribution in [0.4, 0.5) is 0 Å². The Morgan fingerprint density at radius 2 is 0.946 bits per heavy atom. The van der Waals surface area contributed by atoms with Gasteiger partial charge < -0.3 is 4.74 Å². The molecule has 0 unspecified atom stereocenters. The Kier molecular flexibility index (Phi) is 8.50. The van der Waals surface area contributed by atoms with E-state index in [0.29, 0.717) is 32.7 Å². The Bertz CT molecular complexity index is 1510. The standard InChI is InChI=1S/C32H18Cl2N2O/c33-27-13-7-23(8-14-27)11-17-29-25(19-21-35)3-1-5-31(29)37-32-6-2-4-26(20-22-36)30(32)18-12-24-9-15-28(34)16-10-24/h1-10,13-16H,19-20H2. The number of halogens is 2.